The molecule has 0 unspecified atom stereocenters. The molecule has 0 fully saturated rings. The number of pyridine rings is 1. The van der Waals surface area contributed by atoms with E-state index in [-0.39, 0.29) is 5.91 Å². The summed E-state index contributed by atoms with van der Waals surface area (Å²) in [5, 5.41) is 7.28. The van der Waals surface area contributed by atoms with Crippen molar-refractivity contribution < 1.29 is 4.79 Å². The molecule has 1 amide bonds. The molecular weight excluding hydrogens is 504 g/mol. The second-order valence-electron chi connectivity index (χ2n) is 9.66. The normalized spacial score (nSPS) is 11.1. The number of amides is 1. The number of aromatic nitrogens is 3. The molecule has 0 bridgehead atoms. The zero-order valence-corrected chi connectivity index (χ0v) is 22.9. The van der Waals surface area contributed by atoms with E-state index in [1.807, 2.05) is 85.8 Å². The van der Waals surface area contributed by atoms with Crippen LogP contribution in [-0.2, 0) is 6.54 Å². The van der Waals surface area contributed by atoms with Crippen LogP contribution in [0.3, 0.4) is 0 Å². The van der Waals surface area contributed by atoms with Crippen LogP contribution < -0.4 is 16.4 Å². The fourth-order valence-corrected chi connectivity index (χ4v) is 4.90. The zero-order valence-electron chi connectivity index (χ0n) is 22.1. The number of fused-ring (bicyclic) bond motifs is 1. The minimum atomic E-state index is -0.154. The summed E-state index contributed by atoms with van der Waals surface area (Å²) in [7, 11) is 0. The van der Waals surface area contributed by atoms with Gasteiger partial charge in [-0.15, -0.1) is 0 Å². The maximum absolute atomic E-state index is 13.1. The summed E-state index contributed by atoms with van der Waals surface area (Å²) in [5.41, 5.74) is 11.7. The van der Waals surface area contributed by atoms with Gasteiger partial charge in [0, 0.05) is 33.3 Å². The van der Waals surface area contributed by atoms with Gasteiger partial charge in [-0.3, -0.25) is 4.79 Å². The van der Waals surface area contributed by atoms with Gasteiger partial charge in [0.05, 0.1) is 11.1 Å². The number of carbonyl (C=O) groups is 1. The van der Waals surface area contributed by atoms with Crippen molar-refractivity contribution in [1.82, 2.24) is 20.3 Å². The molecule has 39 heavy (non-hydrogen) atoms. The molecule has 2 aromatic heterocycles. The van der Waals surface area contributed by atoms with E-state index in [0.717, 1.165) is 32.1 Å². The predicted molar refractivity (Wildman–Crippen MR) is 158 cm³/mol. The van der Waals surface area contributed by atoms with Gasteiger partial charge < -0.3 is 16.4 Å². The van der Waals surface area contributed by atoms with Crippen molar-refractivity contribution in [2.45, 2.75) is 43.0 Å². The van der Waals surface area contributed by atoms with Crippen LogP contribution in [0.5, 0.6) is 0 Å². The first-order chi connectivity index (χ1) is 18.9. The third-order valence-corrected chi connectivity index (χ3v) is 7.37. The highest BCUT2D eigenvalue weighted by Gasteiger charge is 2.14. The van der Waals surface area contributed by atoms with Crippen LogP contribution >= 0.6 is 11.8 Å². The minimum absolute atomic E-state index is 0.154. The molecule has 0 aliphatic heterocycles. The maximum atomic E-state index is 13.1. The highest BCUT2D eigenvalue weighted by molar-refractivity contribution is 7.99. The molecule has 7 nitrogen and oxygen atoms in total. The Balaban J connectivity index is 1.46. The number of anilines is 3. The Bertz CT molecular complexity index is 1620. The molecule has 3 aromatic carbocycles. The molecule has 0 radical (unpaired) electrons. The second kappa shape index (κ2) is 11.5. The number of rotatable bonds is 8. The van der Waals surface area contributed by atoms with Gasteiger partial charge in [0.25, 0.3) is 5.91 Å². The molecule has 5 rings (SSSR count). The van der Waals surface area contributed by atoms with Crippen LogP contribution in [0.2, 0.25) is 0 Å². The first-order valence-electron chi connectivity index (χ1n) is 12.8. The quantitative estimate of drug-likeness (QED) is 0.187. The van der Waals surface area contributed by atoms with Gasteiger partial charge in [0.1, 0.15) is 12.1 Å². The number of benzene rings is 3. The van der Waals surface area contributed by atoms with Gasteiger partial charge in [-0.25, -0.2) is 15.0 Å². The van der Waals surface area contributed by atoms with Crippen LogP contribution in [0, 0.1) is 6.92 Å². The Morgan fingerprint density at radius 1 is 0.949 bits per heavy atom. The molecule has 0 saturated heterocycles. The SMILES string of the molecule is Cc1ccc(CNC(=O)c2ccc(Sc3ccc(N)cc3)c(Nc3ncnc4nc(C(C)C)ccc34)c2)cc1. The molecule has 4 N–H and O–H groups in total. The van der Waals surface area contributed by atoms with Crippen LogP contribution in [0.15, 0.2) is 95.0 Å². The molecule has 0 spiro atoms. The highest BCUT2D eigenvalue weighted by atomic mass is 32.2. The van der Waals surface area contributed by atoms with Crippen LogP contribution in [-0.4, -0.2) is 20.9 Å². The standard InChI is InChI=1S/C31H30N6OS/c1-19(2)26-14-13-25-29(36-26)34-18-35-30(25)37-27-16-22(31(38)33-17-21-6-4-20(3)5-7-21)8-15-28(27)39-24-11-9-23(32)10-12-24/h4-16,18-19H,17,32H2,1-3H3,(H,33,38)(H,34,35,36,37). The number of nitrogens with zero attached hydrogens (tertiary/aromatic N) is 3. The number of carbonyl (C=O) groups excluding carboxylic acids is 1. The van der Waals surface area contributed by atoms with Gasteiger partial charge in [0.2, 0.25) is 0 Å². The van der Waals surface area contributed by atoms with E-state index in [1.165, 1.54) is 11.9 Å². The van der Waals surface area contributed by atoms with E-state index in [1.54, 1.807) is 11.8 Å². The first-order valence-corrected chi connectivity index (χ1v) is 13.6. The molecule has 0 aliphatic carbocycles. The maximum Gasteiger partial charge on any atom is 0.251 e. The van der Waals surface area contributed by atoms with E-state index in [9.17, 15) is 4.79 Å². The molecule has 5 aromatic rings. The molecule has 0 atom stereocenters. The summed E-state index contributed by atoms with van der Waals surface area (Å²) in [6.07, 6.45) is 1.51. The molecule has 2 heterocycles. The van der Waals surface area contributed by atoms with Crippen molar-refractivity contribution in [3.63, 3.8) is 0 Å². The Labute approximate surface area is 232 Å². The average Bonchev–Trinajstić information content (AvgIpc) is 2.94. The summed E-state index contributed by atoms with van der Waals surface area (Å²) in [6, 6.07) is 25.5. The van der Waals surface area contributed by atoms with Crippen molar-refractivity contribution in [3.8, 4) is 0 Å². The van der Waals surface area contributed by atoms with Crippen molar-refractivity contribution >= 4 is 45.9 Å². The first kappa shape index (κ1) is 26.2. The lowest BCUT2D eigenvalue weighted by Crippen LogP contribution is -2.22. The Morgan fingerprint density at radius 2 is 1.72 bits per heavy atom. The number of aryl methyl sites for hydroxylation is 1. The lowest BCUT2D eigenvalue weighted by Gasteiger charge is -2.15. The summed E-state index contributed by atoms with van der Waals surface area (Å²) in [4.78, 5) is 28.7. The van der Waals surface area contributed by atoms with Gasteiger partial charge in [-0.2, -0.15) is 0 Å². The van der Waals surface area contributed by atoms with Gasteiger partial charge in [-0.05, 0) is 73.0 Å². The molecule has 196 valence electrons. The molecular formula is C31H30N6OS. The van der Waals surface area contributed by atoms with Crippen LogP contribution in [0.4, 0.5) is 17.2 Å². The summed E-state index contributed by atoms with van der Waals surface area (Å²) < 4.78 is 0. The lowest BCUT2D eigenvalue weighted by molar-refractivity contribution is 0.0951. The van der Waals surface area contributed by atoms with Crippen LogP contribution in [0.25, 0.3) is 11.0 Å². The van der Waals surface area contributed by atoms with Gasteiger partial charge in [0.15, 0.2) is 5.65 Å². The third kappa shape index (κ3) is 6.35. The number of nitrogens with two attached hydrogens (primary N) is 1. The average molecular weight is 535 g/mol. The van der Waals surface area contributed by atoms with Crippen molar-refractivity contribution in [1.29, 1.82) is 0 Å². The zero-order chi connectivity index (χ0) is 27.4. The Kier molecular flexibility index (Phi) is 7.74. The summed E-state index contributed by atoms with van der Waals surface area (Å²) in [6.45, 7) is 6.69. The fraction of sp³-hybridized carbons (Fsp3) is 0.161. The monoisotopic (exact) mass is 534 g/mol. The molecule has 8 heteroatoms. The van der Waals surface area contributed by atoms with Crippen LogP contribution in [0.1, 0.15) is 46.9 Å². The number of nitrogen functional groups attached to an aromatic ring is 1. The van der Waals surface area contributed by atoms with Gasteiger partial charge in [-0.1, -0.05) is 55.4 Å². The minimum Gasteiger partial charge on any atom is -0.399 e. The smallest absolute Gasteiger partial charge is 0.251 e. The summed E-state index contributed by atoms with van der Waals surface area (Å²) >= 11 is 1.58. The highest BCUT2D eigenvalue weighted by Crippen LogP contribution is 2.36. The van der Waals surface area contributed by atoms with E-state index >= 15 is 0 Å². The van der Waals surface area contributed by atoms with E-state index < -0.39 is 0 Å². The van der Waals surface area contributed by atoms with E-state index in [2.05, 4.69) is 34.4 Å². The topological polar surface area (TPSA) is 106 Å². The number of hydrogen-bond donors (Lipinski definition) is 3. The number of nitrogens with one attached hydrogen (secondary N) is 2. The number of hydrogen-bond acceptors (Lipinski definition) is 7. The van der Waals surface area contributed by atoms with E-state index in [0.29, 0.717) is 35.2 Å². The van der Waals surface area contributed by atoms with Crippen molar-refractivity contribution in [3.05, 3.63) is 108 Å². The van der Waals surface area contributed by atoms with E-state index in [4.69, 9.17) is 10.7 Å². The summed E-state index contributed by atoms with van der Waals surface area (Å²) in [5.74, 6) is 0.761. The Morgan fingerprint density at radius 3 is 2.46 bits per heavy atom. The Hall–Kier alpha value is -4.43. The second-order valence-corrected chi connectivity index (χ2v) is 10.8. The van der Waals surface area contributed by atoms with Gasteiger partial charge >= 0.3 is 0 Å². The largest absolute Gasteiger partial charge is 0.399 e. The predicted octanol–water partition coefficient (Wildman–Crippen LogP) is 6.86. The molecule has 0 saturated carbocycles. The fourth-order valence-electron chi connectivity index (χ4n) is 4.02. The van der Waals surface area contributed by atoms with Crippen molar-refractivity contribution in [2.75, 3.05) is 11.1 Å². The lowest BCUT2D eigenvalue weighted by atomic mass is 10.1. The molecule has 0 aliphatic rings. The van der Waals surface area contributed by atoms with Crippen molar-refractivity contribution in [2.24, 2.45) is 0 Å². The third-order valence-electron chi connectivity index (χ3n) is 6.29.